The first-order chi connectivity index (χ1) is 15.3. The van der Waals surface area contributed by atoms with Crippen LogP contribution in [-0.4, -0.2) is 57.8 Å². The molecule has 6 rings (SSSR count). The molecule has 3 aromatic rings. The second kappa shape index (κ2) is 7.95. The number of hydrogen-bond donors (Lipinski definition) is 1. The van der Waals surface area contributed by atoms with Gasteiger partial charge in [-0.15, -0.1) is 10.2 Å². The number of aromatic amines is 1. The Bertz CT molecular complexity index is 1050. The van der Waals surface area contributed by atoms with Crippen LogP contribution in [0.4, 0.5) is 5.95 Å². The molecular weight excluding hydrogens is 390 g/mol. The van der Waals surface area contributed by atoms with E-state index in [1.54, 1.807) is 0 Å². The first kappa shape index (κ1) is 19.3. The van der Waals surface area contributed by atoms with E-state index in [9.17, 15) is 0 Å². The number of rotatable bonds is 5. The second-order valence-electron chi connectivity index (χ2n) is 9.36. The van der Waals surface area contributed by atoms with Gasteiger partial charge in [0.15, 0.2) is 0 Å². The lowest BCUT2D eigenvalue weighted by atomic mass is 10.00. The van der Waals surface area contributed by atoms with E-state index in [1.165, 1.54) is 29.3 Å². The quantitative estimate of drug-likeness (QED) is 0.681. The fraction of sp³-hybridized carbons (Fsp3) is 0.583. The van der Waals surface area contributed by atoms with Crippen molar-refractivity contribution in [3.8, 4) is 0 Å². The summed E-state index contributed by atoms with van der Waals surface area (Å²) >= 11 is 0. The average molecular weight is 422 g/mol. The minimum atomic E-state index is 0.00981. The van der Waals surface area contributed by atoms with Crippen LogP contribution in [0.5, 0.6) is 0 Å². The third-order valence-corrected chi connectivity index (χ3v) is 7.29. The SMILES string of the molecule is c1ccc2c(Cc3nnc(N4CCOC5(CCCC5)C4)n3CC3CCCO3)c[nH]c2c1. The number of fused-ring (bicyclic) bond motifs is 1. The van der Waals surface area contributed by atoms with E-state index < -0.39 is 0 Å². The summed E-state index contributed by atoms with van der Waals surface area (Å²) in [7, 11) is 0. The predicted octanol–water partition coefficient (Wildman–Crippen LogP) is 3.68. The van der Waals surface area contributed by atoms with Crippen LogP contribution in [-0.2, 0) is 22.4 Å². The van der Waals surface area contributed by atoms with Crippen LogP contribution in [0, 0.1) is 0 Å². The van der Waals surface area contributed by atoms with Gasteiger partial charge in [0.25, 0.3) is 0 Å². The van der Waals surface area contributed by atoms with Gasteiger partial charge in [0.05, 0.1) is 24.9 Å². The topological polar surface area (TPSA) is 68.2 Å². The molecule has 1 aliphatic carbocycles. The van der Waals surface area contributed by atoms with Crippen molar-refractivity contribution < 1.29 is 9.47 Å². The summed E-state index contributed by atoms with van der Waals surface area (Å²) in [5.41, 5.74) is 2.44. The Morgan fingerprint density at radius 3 is 2.87 bits per heavy atom. The van der Waals surface area contributed by atoms with Gasteiger partial charge in [-0.05, 0) is 37.3 Å². The number of benzene rings is 1. The Morgan fingerprint density at radius 1 is 1.10 bits per heavy atom. The predicted molar refractivity (Wildman–Crippen MR) is 119 cm³/mol. The van der Waals surface area contributed by atoms with Crippen LogP contribution >= 0.6 is 0 Å². The van der Waals surface area contributed by atoms with Gasteiger partial charge < -0.3 is 19.4 Å². The summed E-state index contributed by atoms with van der Waals surface area (Å²) in [6.45, 7) is 4.25. The Labute approximate surface area is 182 Å². The van der Waals surface area contributed by atoms with Crippen molar-refractivity contribution >= 4 is 16.9 Å². The molecular formula is C24H31N5O2. The number of nitrogens with one attached hydrogen (secondary N) is 1. The van der Waals surface area contributed by atoms with Gasteiger partial charge in [0.1, 0.15) is 5.82 Å². The van der Waals surface area contributed by atoms with Gasteiger partial charge in [-0.25, -0.2) is 0 Å². The normalized spacial score (nSPS) is 23.4. The molecule has 2 aromatic heterocycles. The van der Waals surface area contributed by atoms with Crippen LogP contribution in [0.15, 0.2) is 30.5 Å². The third-order valence-electron chi connectivity index (χ3n) is 7.29. The van der Waals surface area contributed by atoms with E-state index in [0.717, 1.165) is 76.7 Å². The van der Waals surface area contributed by atoms with E-state index in [0.29, 0.717) is 0 Å². The van der Waals surface area contributed by atoms with Crippen LogP contribution < -0.4 is 4.90 Å². The fourth-order valence-corrected chi connectivity index (χ4v) is 5.66. The van der Waals surface area contributed by atoms with Crippen molar-refractivity contribution in [1.82, 2.24) is 19.7 Å². The highest BCUT2D eigenvalue weighted by Gasteiger charge is 2.40. The van der Waals surface area contributed by atoms with Crippen molar-refractivity contribution in [3.05, 3.63) is 41.9 Å². The molecule has 4 heterocycles. The number of para-hydroxylation sites is 1. The summed E-state index contributed by atoms with van der Waals surface area (Å²) in [6.07, 6.45) is 10.2. The van der Waals surface area contributed by atoms with Gasteiger partial charge >= 0.3 is 0 Å². The molecule has 3 aliphatic rings. The van der Waals surface area contributed by atoms with Crippen LogP contribution in [0.2, 0.25) is 0 Å². The number of aromatic nitrogens is 4. The highest BCUT2D eigenvalue weighted by atomic mass is 16.5. The van der Waals surface area contributed by atoms with E-state index in [4.69, 9.17) is 19.7 Å². The molecule has 7 heteroatoms. The van der Waals surface area contributed by atoms with Crippen molar-refractivity contribution in [1.29, 1.82) is 0 Å². The zero-order chi connectivity index (χ0) is 20.7. The van der Waals surface area contributed by atoms with Gasteiger partial charge in [-0.2, -0.15) is 0 Å². The highest BCUT2D eigenvalue weighted by molar-refractivity contribution is 5.83. The molecule has 2 aliphatic heterocycles. The summed E-state index contributed by atoms with van der Waals surface area (Å²) in [6, 6.07) is 8.46. The molecule has 1 saturated carbocycles. The van der Waals surface area contributed by atoms with Crippen molar-refractivity contribution in [2.24, 2.45) is 0 Å². The lowest BCUT2D eigenvalue weighted by molar-refractivity contribution is -0.0507. The zero-order valence-electron chi connectivity index (χ0n) is 18.1. The molecule has 7 nitrogen and oxygen atoms in total. The summed E-state index contributed by atoms with van der Waals surface area (Å²) in [5.74, 6) is 2.00. The Kier molecular flexibility index (Phi) is 4.95. The molecule has 3 fully saturated rings. The molecule has 0 radical (unpaired) electrons. The lowest BCUT2D eigenvalue weighted by Gasteiger charge is -2.41. The van der Waals surface area contributed by atoms with E-state index >= 15 is 0 Å². The van der Waals surface area contributed by atoms with Gasteiger partial charge in [-0.3, -0.25) is 4.57 Å². The monoisotopic (exact) mass is 421 g/mol. The number of anilines is 1. The smallest absolute Gasteiger partial charge is 0.227 e. The highest BCUT2D eigenvalue weighted by Crippen LogP contribution is 2.37. The maximum Gasteiger partial charge on any atom is 0.227 e. The third kappa shape index (κ3) is 3.64. The number of H-pyrrole nitrogens is 1. The summed E-state index contributed by atoms with van der Waals surface area (Å²) in [4.78, 5) is 5.81. The number of nitrogens with zero attached hydrogens (tertiary/aromatic N) is 4. The van der Waals surface area contributed by atoms with E-state index in [-0.39, 0.29) is 11.7 Å². The molecule has 0 bridgehead atoms. The second-order valence-corrected chi connectivity index (χ2v) is 9.36. The molecule has 31 heavy (non-hydrogen) atoms. The molecule has 164 valence electrons. The average Bonchev–Trinajstić information content (AvgIpc) is 3.59. The standard InChI is InChI=1S/C24H31N5O2/c1-2-8-21-20(7-1)18(15-25-21)14-22-26-27-23(29(22)16-19-6-5-12-30-19)28-11-13-31-24(17-28)9-3-4-10-24/h1-2,7-8,15,19,25H,3-6,9-14,16-17H2. The molecule has 1 spiro atoms. The van der Waals surface area contributed by atoms with E-state index in [1.807, 2.05) is 0 Å². The summed E-state index contributed by atoms with van der Waals surface area (Å²) in [5, 5.41) is 10.7. The van der Waals surface area contributed by atoms with Crippen molar-refractivity contribution in [3.63, 3.8) is 0 Å². The Morgan fingerprint density at radius 2 is 2.00 bits per heavy atom. The fourth-order valence-electron chi connectivity index (χ4n) is 5.66. The maximum atomic E-state index is 6.26. The molecule has 1 atom stereocenters. The van der Waals surface area contributed by atoms with Crippen molar-refractivity contribution in [2.75, 3.05) is 31.2 Å². The minimum Gasteiger partial charge on any atom is -0.376 e. The molecule has 1 N–H and O–H groups in total. The number of ether oxygens (including phenoxy) is 2. The van der Waals surface area contributed by atoms with Crippen LogP contribution in [0.1, 0.15) is 49.9 Å². The Balaban J connectivity index is 1.33. The van der Waals surface area contributed by atoms with Gasteiger partial charge in [-0.1, -0.05) is 31.0 Å². The largest absolute Gasteiger partial charge is 0.376 e. The van der Waals surface area contributed by atoms with Crippen molar-refractivity contribution in [2.45, 2.75) is 63.2 Å². The van der Waals surface area contributed by atoms with E-state index in [2.05, 4.69) is 44.9 Å². The Hall–Kier alpha value is -2.38. The van der Waals surface area contributed by atoms with Gasteiger partial charge in [0, 0.05) is 43.2 Å². The molecule has 2 saturated heterocycles. The first-order valence-electron chi connectivity index (χ1n) is 11.8. The molecule has 1 unspecified atom stereocenters. The number of morpholine rings is 1. The minimum absolute atomic E-state index is 0.00981. The molecule has 1 aromatic carbocycles. The van der Waals surface area contributed by atoms with Crippen LogP contribution in [0.3, 0.4) is 0 Å². The maximum absolute atomic E-state index is 6.26. The zero-order valence-corrected chi connectivity index (χ0v) is 18.1. The number of hydrogen-bond acceptors (Lipinski definition) is 5. The summed E-state index contributed by atoms with van der Waals surface area (Å²) < 4.78 is 14.6. The molecule has 0 amide bonds. The lowest BCUT2D eigenvalue weighted by Crippen LogP contribution is -2.51. The first-order valence-corrected chi connectivity index (χ1v) is 11.8. The van der Waals surface area contributed by atoms with Crippen LogP contribution in [0.25, 0.3) is 10.9 Å². The van der Waals surface area contributed by atoms with Gasteiger partial charge in [0.2, 0.25) is 5.95 Å².